The van der Waals surface area contributed by atoms with Gasteiger partial charge in [-0.3, -0.25) is 0 Å². The van der Waals surface area contributed by atoms with Gasteiger partial charge < -0.3 is 0 Å². The first-order chi connectivity index (χ1) is 7.27. The van der Waals surface area contributed by atoms with Crippen molar-refractivity contribution < 1.29 is 16.8 Å². The molecule has 0 aromatic carbocycles. The molecule has 0 radical (unpaired) electrons. The lowest BCUT2D eigenvalue weighted by Gasteiger charge is -2.05. The van der Waals surface area contributed by atoms with Gasteiger partial charge in [-0.05, 0) is 6.42 Å². The van der Waals surface area contributed by atoms with Gasteiger partial charge in [-0.1, -0.05) is 32.6 Å². The van der Waals surface area contributed by atoms with Gasteiger partial charge >= 0.3 is 0 Å². The van der Waals surface area contributed by atoms with Gasteiger partial charge in [0.05, 0.1) is 0 Å². The van der Waals surface area contributed by atoms with E-state index in [2.05, 4.69) is 16.8 Å². The molecule has 16 heavy (non-hydrogen) atoms. The van der Waals surface area contributed by atoms with Gasteiger partial charge in [-0.2, -0.15) is 0 Å². The van der Waals surface area contributed by atoms with Gasteiger partial charge in [0.1, 0.15) is 0 Å². The van der Waals surface area contributed by atoms with Crippen molar-refractivity contribution >= 4 is 20.0 Å². The third-order valence-corrected chi connectivity index (χ3v) is 5.12. The maximum atomic E-state index is 11.2. The van der Waals surface area contributed by atoms with E-state index in [0.29, 0.717) is 6.42 Å². The molecule has 98 valence electrons. The number of rotatable bonds is 9. The molecule has 0 spiro atoms. The standard InChI is InChI=1S/C8H20N2O4S2/c1-2-3-4-5-6-7-10-16(13,14)8-15(9,11)12/h10H,2-8H2,1H3,(H2,9,11,12). The Morgan fingerprint density at radius 2 is 1.56 bits per heavy atom. The van der Waals surface area contributed by atoms with Crippen LogP contribution in [0.15, 0.2) is 0 Å². The molecule has 0 aliphatic rings. The number of unbranched alkanes of at least 4 members (excludes halogenated alkanes) is 4. The van der Waals surface area contributed by atoms with E-state index in [1.54, 1.807) is 0 Å². The average Bonchev–Trinajstić information content (AvgIpc) is 2.06. The van der Waals surface area contributed by atoms with Crippen molar-refractivity contribution in [3.8, 4) is 0 Å². The summed E-state index contributed by atoms with van der Waals surface area (Å²) in [6.45, 7) is 2.36. The predicted molar refractivity (Wildman–Crippen MR) is 63.7 cm³/mol. The Kier molecular flexibility index (Phi) is 7.12. The lowest BCUT2D eigenvalue weighted by Crippen LogP contribution is -2.33. The van der Waals surface area contributed by atoms with Crippen LogP contribution in [0.1, 0.15) is 39.0 Å². The highest BCUT2D eigenvalue weighted by Crippen LogP contribution is 2.01. The molecule has 6 nitrogen and oxygen atoms in total. The van der Waals surface area contributed by atoms with Gasteiger partial charge in [0, 0.05) is 6.54 Å². The maximum Gasteiger partial charge on any atom is 0.227 e. The molecule has 0 aromatic heterocycles. The number of sulfonamides is 2. The summed E-state index contributed by atoms with van der Waals surface area (Å²) in [6, 6.07) is 0. The Bertz CT molecular complexity index is 375. The van der Waals surface area contributed by atoms with E-state index in [9.17, 15) is 16.8 Å². The molecule has 0 atom stereocenters. The molecule has 8 heteroatoms. The van der Waals surface area contributed by atoms with Gasteiger partial charge in [-0.15, -0.1) is 0 Å². The molecule has 0 saturated heterocycles. The fourth-order valence-corrected chi connectivity index (χ4v) is 3.73. The molecule has 0 saturated carbocycles. The highest BCUT2D eigenvalue weighted by atomic mass is 32.3. The summed E-state index contributed by atoms with van der Waals surface area (Å²) in [4.78, 5) is 0. The minimum Gasteiger partial charge on any atom is -0.228 e. The van der Waals surface area contributed by atoms with Crippen molar-refractivity contribution in [2.45, 2.75) is 39.0 Å². The third kappa shape index (κ3) is 10.3. The molecular formula is C8H20N2O4S2. The SMILES string of the molecule is CCCCCCCNS(=O)(=O)CS(N)(=O)=O. The Morgan fingerprint density at radius 1 is 1.00 bits per heavy atom. The first-order valence-corrected chi connectivity index (χ1v) is 8.61. The smallest absolute Gasteiger partial charge is 0.227 e. The van der Waals surface area contributed by atoms with E-state index in [4.69, 9.17) is 0 Å². The second kappa shape index (κ2) is 7.21. The van der Waals surface area contributed by atoms with E-state index in [1.165, 1.54) is 0 Å². The molecule has 0 aromatic rings. The van der Waals surface area contributed by atoms with Crippen molar-refractivity contribution in [3.05, 3.63) is 0 Å². The van der Waals surface area contributed by atoms with Crippen LogP contribution in [-0.2, 0) is 20.0 Å². The van der Waals surface area contributed by atoms with Crippen LogP contribution < -0.4 is 9.86 Å². The summed E-state index contributed by atoms with van der Waals surface area (Å²) < 4.78 is 45.7. The van der Waals surface area contributed by atoms with E-state index >= 15 is 0 Å². The highest BCUT2D eigenvalue weighted by molar-refractivity contribution is 8.06. The second-order valence-corrected chi connectivity index (χ2v) is 7.49. The van der Waals surface area contributed by atoms with Crippen LogP contribution in [0.5, 0.6) is 0 Å². The monoisotopic (exact) mass is 272 g/mol. The Hall–Kier alpha value is -0.180. The van der Waals surface area contributed by atoms with E-state index in [1.807, 2.05) is 0 Å². The van der Waals surface area contributed by atoms with Gasteiger partial charge in [0.2, 0.25) is 20.0 Å². The van der Waals surface area contributed by atoms with Crippen LogP contribution >= 0.6 is 0 Å². The second-order valence-electron chi connectivity index (χ2n) is 3.70. The van der Waals surface area contributed by atoms with Gasteiger partial charge in [0.15, 0.2) is 5.08 Å². The van der Waals surface area contributed by atoms with E-state index in [0.717, 1.165) is 25.7 Å². The molecule has 3 N–H and O–H groups in total. The fourth-order valence-electron chi connectivity index (χ4n) is 1.21. The summed E-state index contributed by atoms with van der Waals surface area (Å²) in [7, 11) is -7.78. The summed E-state index contributed by atoms with van der Waals surface area (Å²) in [6.07, 6.45) is 4.96. The molecule has 0 fully saturated rings. The van der Waals surface area contributed by atoms with Crippen LogP contribution in [0.3, 0.4) is 0 Å². The molecule has 0 aliphatic carbocycles. The first kappa shape index (κ1) is 15.8. The molecule has 0 heterocycles. The molecular weight excluding hydrogens is 252 g/mol. The predicted octanol–water partition coefficient (Wildman–Crippen LogP) is 0.122. The van der Waals surface area contributed by atoms with Crippen LogP contribution in [0, 0.1) is 0 Å². The summed E-state index contributed by atoms with van der Waals surface area (Å²) >= 11 is 0. The fraction of sp³-hybridized carbons (Fsp3) is 1.00. The van der Waals surface area contributed by atoms with Crippen LogP contribution in [-0.4, -0.2) is 28.5 Å². The Morgan fingerprint density at radius 3 is 2.06 bits per heavy atom. The van der Waals surface area contributed by atoms with E-state index < -0.39 is 25.1 Å². The van der Waals surface area contributed by atoms with Gasteiger partial charge in [0.25, 0.3) is 0 Å². The highest BCUT2D eigenvalue weighted by Gasteiger charge is 2.17. The third-order valence-electron chi connectivity index (χ3n) is 1.92. The van der Waals surface area contributed by atoms with Crippen LogP contribution in [0.25, 0.3) is 0 Å². The minimum absolute atomic E-state index is 0.265. The maximum absolute atomic E-state index is 11.2. The molecule has 0 unspecified atom stereocenters. The Labute approximate surface area is 97.7 Å². The lowest BCUT2D eigenvalue weighted by molar-refractivity contribution is 0.571. The number of nitrogens with one attached hydrogen (secondary N) is 1. The largest absolute Gasteiger partial charge is 0.228 e. The quantitative estimate of drug-likeness (QED) is 0.581. The van der Waals surface area contributed by atoms with Crippen molar-refractivity contribution in [1.82, 2.24) is 4.72 Å². The van der Waals surface area contributed by atoms with Crippen molar-refractivity contribution in [1.29, 1.82) is 0 Å². The zero-order chi connectivity index (χ0) is 12.7. The zero-order valence-electron chi connectivity index (χ0n) is 9.48. The molecule has 0 bridgehead atoms. The van der Waals surface area contributed by atoms with Crippen LogP contribution in [0.2, 0.25) is 0 Å². The normalized spacial score (nSPS) is 12.9. The Balaban J connectivity index is 3.76. The van der Waals surface area contributed by atoms with E-state index in [-0.39, 0.29) is 6.54 Å². The lowest BCUT2D eigenvalue weighted by atomic mass is 10.2. The molecule has 0 rings (SSSR count). The minimum atomic E-state index is -3.98. The summed E-state index contributed by atoms with van der Waals surface area (Å²) in [5, 5.41) is 3.60. The number of nitrogens with two attached hydrogens (primary N) is 1. The number of hydrogen-bond donors (Lipinski definition) is 2. The summed E-state index contributed by atoms with van der Waals surface area (Å²) in [5.74, 6) is 0. The number of hydrogen-bond acceptors (Lipinski definition) is 4. The van der Waals surface area contributed by atoms with Gasteiger partial charge in [-0.25, -0.2) is 26.7 Å². The topological polar surface area (TPSA) is 106 Å². The van der Waals surface area contributed by atoms with Crippen molar-refractivity contribution in [2.75, 3.05) is 11.6 Å². The first-order valence-electron chi connectivity index (χ1n) is 5.24. The van der Waals surface area contributed by atoms with Crippen molar-refractivity contribution in [2.24, 2.45) is 5.14 Å². The summed E-state index contributed by atoms with van der Waals surface area (Å²) in [5.41, 5.74) is 0. The van der Waals surface area contributed by atoms with Crippen molar-refractivity contribution in [3.63, 3.8) is 0 Å². The number of primary sulfonamides is 1. The van der Waals surface area contributed by atoms with Crippen LogP contribution in [0.4, 0.5) is 0 Å². The average molecular weight is 272 g/mol. The molecule has 0 amide bonds. The zero-order valence-corrected chi connectivity index (χ0v) is 11.1. The molecule has 0 aliphatic heterocycles.